The quantitative estimate of drug-likeness (QED) is 0.807. The third-order valence-electron chi connectivity index (χ3n) is 2.93. The van der Waals surface area contributed by atoms with E-state index in [9.17, 15) is 8.78 Å². The van der Waals surface area contributed by atoms with Crippen LogP contribution in [0.25, 0.3) is 0 Å². The molecule has 1 N–H and O–H groups in total. The van der Waals surface area contributed by atoms with Gasteiger partial charge in [-0.2, -0.15) is 8.78 Å². The van der Waals surface area contributed by atoms with E-state index in [1.54, 1.807) is 18.2 Å². The highest BCUT2D eigenvalue weighted by molar-refractivity contribution is 5.20. The Balaban J connectivity index is 2.00. The smallest absolute Gasteiger partial charge is 0.285 e. The normalized spacial score (nSPS) is 18.9. The Kier molecular flexibility index (Phi) is 2.51. The Hall–Kier alpha value is -0.960. The summed E-state index contributed by atoms with van der Waals surface area (Å²) in [5.74, 6) is -2.77. The van der Waals surface area contributed by atoms with Gasteiger partial charge in [0.2, 0.25) is 0 Å². The van der Waals surface area contributed by atoms with Gasteiger partial charge >= 0.3 is 0 Å². The molecule has 2 rings (SSSR count). The first kappa shape index (κ1) is 10.6. The molecule has 0 unspecified atom stereocenters. The van der Waals surface area contributed by atoms with Crippen molar-refractivity contribution in [1.82, 2.24) is 5.32 Å². The molecule has 1 aromatic rings. The van der Waals surface area contributed by atoms with E-state index >= 15 is 0 Å². The number of nitrogens with one attached hydrogen (secondary N) is 1. The van der Waals surface area contributed by atoms with Crippen molar-refractivity contribution in [3.8, 4) is 0 Å². The van der Waals surface area contributed by atoms with Gasteiger partial charge in [-0.15, -0.1) is 0 Å². The maximum atomic E-state index is 13.7. The average Bonchev–Trinajstić information content (AvgIpc) is 2.96. The van der Waals surface area contributed by atoms with Crippen molar-refractivity contribution in [2.24, 2.45) is 0 Å². The minimum Gasteiger partial charge on any atom is -0.306 e. The molecule has 0 saturated heterocycles. The van der Waals surface area contributed by atoms with Crippen LogP contribution in [0.4, 0.5) is 8.78 Å². The highest BCUT2D eigenvalue weighted by atomic mass is 19.3. The molecule has 0 heterocycles. The van der Waals surface area contributed by atoms with Gasteiger partial charge in [-0.1, -0.05) is 30.3 Å². The van der Waals surface area contributed by atoms with Crippen molar-refractivity contribution in [2.45, 2.75) is 31.2 Å². The van der Waals surface area contributed by atoms with Gasteiger partial charge in [-0.05, 0) is 19.8 Å². The molecule has 82 valence electrons. The number of hydrogen-bond acceptors (Lipinski definition) is 1. The molecule has 0 spiro atoms. The van der Waals surface area contributed by atoms with Gasteiger partial charge in [0.1, 0.15) is 0 Å². The standard InChI is InChI=1S/C12H15F2N/c1-11(7-8-11)15-9-12(13,14)10-5-3-2-4-6-10/h2-6,15H,7-9H2,1H3. The lowest BCUT2D eigenvalue weighted by atomic mass is 10.1. The zero-order chi connectivity index (χ0) is 10.9. The summed E-state index contributed by atoms with van der Waals surface area (Å²) in [5, 5.41) is 2.92. The van der Waals surface area contributed by atoms with Crippen LogP contribution in [0.3, 0.4) is 0 Å². The monoisotopic (exact) mass is 211 g/mol. The van der Waals surface area contributed by atoms with Crippen molar-refractivity contribution in [1.29, 1.82) is 0 Å². The third-order valence-corrected chi connectivity index (χ3v) is 2.93. The Morgan fingerprint density at radius 3 is 2.40 bits per heavy atom. The highest BCUT2D eigenvalue weighted by Gasteiger charge is 2.40. The molecule has 0 radical (unpaired) electrons. The van der Waals surface area contributed by atoms with Gasteiger partial charge in [-0.25, -0.2) is 0 Å². The molecule has 3 heteroatoms. The molecule has 0 aromatic heterocycles. The molecule has 1 saturated carbocycles. The van der Waals surface area contributed by atoms with Crippen molar-refractivity contribution in [3.63, 3.8) is 0 Å². The predicted octanol–water partition coefficient (Wildman–Crippen LogP) is 2.92. The van der Waals surface area contributed by atoms with Gasteiger partial charge in [0, 0.05) is 11.1 Å². The van der Waals surface area contributed by atoms with Crippen LogP contribution in [0.2, 0.25) is 0 Å². The summed E-state index contributed by atoms with van der Waals surface area (Å²) >= 11 is 0. The molecule has 1 aliphatic rings. The second kappa shape index (κ2) is 3.56. The van der Waals surface area contributed by atoms with Crippen LogP contribution in [0.5, 0.6) is 0 Å². The molecular weight excluding hydrogens is 196 g/mol. The summed E-state index contributed by atoms with van der Waals surface area (Å²) < 4.78 is 27.3. The number of halogens is 2. The molecular formula is C12H15F2N. The highest BCUT2D eigenvalue weighted by Crippen LogP contribution is 2.36. The van der Waals surface area contributed by atoms with E-state index in [-0.39, 0.29) is 17.6 Å². The van der Waals surface area contributed by atoms with Crippen LogP contribution in [-0.4, -0.2) is 12.1 Å². The molecule has 1 aliphatic carbocycles. The van der Waals surface area contributed by atoms with E-state index in [1.165, 1.54) is 12.1 Å². The van der Waals surface area contributed by atoms with Crippen LogP contribution < -0.4 is 5.32 Å². The van der Waals surface area contributed by atoms with Gasteiger partial charge in [0.15, 0.2) is 0 Å². The van der Waals surface area contributed by atoms with Crippen molar-refractivity contribution in [2.75, 3.05) is 6.54 Å². The summed E-state index contributed by atoms with van der Waals surface area (Å²) in [7, 11) is 0. The van der Waals surface area contributed by atoms with Crippen LogP contribution in [0.15, 0.2) is 30.3 Å². The predicted molar refractivity (Wildman–Crippen MR) is 56.0 cm³/mol. The number of hydrogen-bond donors (Lipinski definition) is 1. The first-order valence-electron chi connectivity index (χ1n) is 5.20. The first-order chi connectivity index (χ1) is 7.02. The summed E-state index contributed by atoms with van der Waals surface area (Å²) in [4.78, 5) is 0. The van der Waals surface area contributed by atoms with Crippen LogP contribution in [0, 0.1) is 0 Å². The number of benzene rings is 1. The average molecular weight is 211 g/mol. The lowest BCUT2D eigenvalue weighted by Gasteiger charge is -2.20. The maximum Gasteiger partial charge on any atom is 0.285 e. The summed E-state index contributed by atoms with van der Waals surface area (Å²) in [6.45, 7) is 1.71. The molecule has 1 fully saturated rings. The second-order valence-electron chi connectivity index (χ2n) is 4.48. The molecule has 15 heavy (non-hydrogen) atoms. The zero-order valence-electron chi connectivity index (χ0n) is 8.76. The van der Waals surface area contributed by atoms with Crippen molar-refractivity contribution in [3.05, 3.63) is 35.9 Å². The summed E-state index contributed by atoms with van der Waals surface area (Å²) in [5.41, 5.74) is 0.0415. The van der Waals surface area contributed by atoms with E-state index in [1.807, 2.05) is 6.92 Å². The molecule has 0 amide bonds. The zero-order valence-corrected chi connectivity index (χ0v) is 8.76. The fourth-order valence-electron chi connectivity index (χ4n) is 1.47. The minimum atomic E-state index is -2.77. The fraction of sp³-hybridized carbons (Fsp3) is 0.500. The largest absolute Gasteiger partial charge is 0.306 e. The van der Waals surface area contributed by atoms with Crippen LogP contribution >= 0.6 is 0 Å². The fourth-order valence-corrected chi connectivity index (χ4v) is 1.47. The molecule has 0 atom stereocenters. The Bertz CT molecular complexity index is 331. The maximum absolute atomic E-state index is 13.7. The van der Waals surface area contributed by atoms with Gasteiger partial charge in [0.05, 0.1) is 6.54 Å². The van der Waals surface area contributed by atoms with Crippen molar-refractivity contribution < 1.29 is 8.78 Å². The lowest BCUT2D eigenvalue weighted by Crippen LogP contribution is -2.37. The molecule has 1 nitrogen and oxygen atoms in total. The van der Waals surface area contributed by atoms with E-state index in [4.69, 9.17) is 0 Å². The number of rotatable bonds is 4. The topological polar surface area (TPSA) is 12.0 Å². The Morgan fingerprint density at radius 2 is 1.87 bits per heavy atom. The van der Waals surface area contributed by atoms with E-state index < -0.39 is 5.92 Å². The van der Waals surface area contributed by atoms with Gasteiger partial charge < -0.3 is 5.32 Å². The summed E-state index contributed by atoms with van der Waals surface area (Å²) in [6, 6.07) is 7.97. The van der Waals surface area contributed by atoms with Gasteiger partial charge in [0.25, 0.3) is 5.92 Å². The summed E-state index contributed by atoms with van der Waals surface area (Å²) in [6.07, 6.45) is 2.00. The Labute approximate surface area is 88.5 Å². The minimum absolute atomic E-state index is 0.0434. The SMILES string of the molecule is CC1(NCC(F)(F)c2ccccc2)CC1. The Morgan fingerprint density at radius 1 is 1.27 bits per heavy atom. The number of alkyl halides is 2. The second-order valence-corrected chi connectivity index (χ2v) is 4.48. The van der Waals surface area contributed by atoms with Crippen LogP contribution in [-0.2, 0) is 5.92 Å². The van der Waals surface area contributed by atoms with E-state index in [0.717, 1.165) is 12.8 Å². The lowest BCUT2D eigenvalue weighted by molar-refractivity contribution is -0.00617. The van der Waals surface area contributed by atoms with Gasteiger partial charge in [-0.3, -0.25) is 0 Å². The van der Waals surface area contributed by atoms with E-state index in [2.05, 4.69) is 5.32 Å². The first-order valence-corrected chi connectivity index (χ1v) is 5.20. The molecule has 0 aliphatic heterocycles. The third kappa shape index (κ3) is 2.53. The van der Waals surface area contributed by atoms with Crippen molar-refractivity contribution >= 4 is 0 Å². The molecule has 1 aromatic carbocycles. The van der Waals surface area contributed by atoms with Crippen LogP contribution in [0.1, 0.15) is 25.3 Å². The van der Waals surface area contributed by atoms with E-state index in [0.29, 0.717) is 0 Å². The molecule has 0 bridgehead atoms.